The van der Waals surface area contributed by atoms with Gasteiger partial charge < -0.3 is 4.79 Å². The second-order valence-electron chi connectivity index (χ2n) is 11.1. The molecular formula is C26H38Br2F6OSi. The summed E-state index contributed by atoms with van der Waals surface area (Å²) in [6.07, 6.45) is 5.67. The Kier molecular flexibility index (Phi) is 13.8. The van der Waals surface area contributed by atoms with Crippen molar-refractivity contribution in [2.45, 2.75) is 114 Å². The lowest BCUT2D eigenvalue weighted by Gasteiger charge is -2.26. The molecule has 0 amide bonds. The van der Waals surface area contributed by atoms with Crippen molar-refractivity contribution in [2.24, 2.45) is 17.8 Å². The van der Waals surface area contributed by atoms with Crippen LogP contribution in [0.4, 0.5) is 26.3 Å². The third-order valence-electron chi connectivity index (χ3n) is 6.45. The summed E-state index contributed by atoms with van der Waals surface area (Å²) in [6, 6.07) is 0. The maximum Gasteiger partial charge on any atom is 0.248 e. The molecule has 3 saturated carbocycles. The molecule has 0 radical (unpaired) electrons. The van der Waals surface area contributed by atoms with E-state index in [4.69, 9.17) is 0 Å². The van der Waals surface area contributed by atoms with E-state index in [0.717, 1.165) is 9.68 Å². The molecule has 3 aliphatic rings. The van der Waals surface area contributed by atoms with Crippen molar-refractivity contribution in [3.05, 3.63) is 9.47 Å². The van der Waals surface area contributed by atoms with Crippen LogP contribution in [0.1, 0.15) is 77.0 Å². The Morgan fingerprint density at radius 1 is 0.722 bits per heavy atom. The molecule has 36 heavy (non-hydrogen) atoms. The van der Waals surface area contributed by atoms with E-state index in [0.29, 0.717) is 44.4 Å². The van der Waals surface area contributed by atoms with Crippen LogP contribution in [0.3, 0.4) is 0 Å². The third kappa shape index (κ3) is 15.9. The zero-order valence-corrected chi connectivity index (χ0v) is 25.5. The van der Waals surface area contributed by atoms with E-state index in [9.17, 15) is 31.1 Å². The van der Waals surface area contributed by atoms with Crippen molar-refractivity contribution in [1.82, 2.24) is 0 Å². The van der Waals surface area contributed by atoms with Crippen molar-refractivity contribution in [3.63, 3.8) is 0 Å². The Labute approximate surface area is 229 Å². The maximum atomic E-state index is 12.8. The molecule has 0 aliphatic heterocycles. The molecule has 0 aromatic carbocycles. The van der Waals surface area contributed by atoms with E-state index in [-0.39, 0.29) is 50.4 Å². The topological polar surface area (TPSA) is 17.1 Å². The van der Waals surface area contributed by atoms with Crippen LogP contribution in [0.2, 0.25) is 19.6 Å². The Bertz CT molecular complexity index is 752. The average Bonchev–Trinajstić information content (AvgIpc) is 2.75. The summed E-state index contributed by atoms with van der Waals surface area (Å²) in [5.74, 6) is -3.74. The molecule has 0 atom stereocenters. The Hall–Kier alpha value is -0.273. The minimum absolute atomic E-state index is 0.0258. The fraction of sp³-hybridized carbons (Fsp3) is 0.808. The Morgan fingerprint density at radius 2 is 1.08 bits per heavy atom. The van der Waals surface area contributed by atoms with Crippen molar-refractivity contribution in [3.8, 4) is 11.5 Å². The van der Waals surface area contributed by atoms with Crippen LogP contribution in [0, 0.1) is 29.2 Å². The normalized spacial score (nSPS) is 24.0. The molecule has 0 aromatic heterocycles. The van der Waals surface area contributed by atoms with Gasteiger partial charge in [0.25, 0.3) is 0 Å². The summed E-state index contributed by atoms with van der Waals surface area (Å²) >= 11 is 6.46. The standard InChI is InChI=1S/C11H18F2Si.C8H10Br2F2.C7H10F2O/c1-14(2,3)9-6-10-4-7-11(12,13)8-5-10;9-7(10)5-6-1-3-8(11,12)4-2-6;8-7(9)3-1-6(5-10)2-4-7/h10H,4-5,7-8H2,1-3H3;5-6H,1-4H2;5-6H,1-4H2. The number of allylic oxidation sites excluding steroid dienone is 1. The van der Waals surface area contributed by atoms with Gasteiger partial charge in [0.15, 0.2) is 0 Å². The van der Waals surface area contributed by atoms with Crippen LogP contribution in [0.25, 0.3) is 0 Å². The number of carbonyl (C=O) groups is 1. The van der Waals surface area contributed by atoms with Gasteiger partial charge in [0.2, 0.25) is 17.8 Å². The van der Waals surface area contributed by atoms with Crippen LogP contribution in [-0.4, -0.2) is 32.1 Å². The predicted octanol–water partition coefficient (Wildman–Crippen LogP) is 10.1. The minimum atomic E-state index is -2.50. The summed E-state index contributed by atoms with van der Waals surface area (Å²) in [6.45, 7) is 6.53. The summed E-state index contributed by atoms with van der Waals surface area (Å²) in [5.41, 5.74) is 3.26. The first-order chi connectivity index (χ1) is 16.4. The summed E-state index contributed by atoms with van der Waals surface area (Å²) in [5, 5.41) is 0. The lowest BCUT2D eigenvalue weighted by Crippen LogP contribution is -2.24. The molecular weight excluding hydrogens is 630 g/mol. The lowest BCUT2D eigenvalue weighted by atomic mass is 9.87. The van der Waals surface area contributed by atoms with E-state index in [1.54, 1.807) is 0 Å². The SMILES string of the molecule is C[Si](C)(C)C#CC1CCC(F)(F)CC1.FC1(F)CCC(C=C(Br)Br)CC1.O=CC1CCC(F)(F)CC1. The molecule has 0 N–H and O–H groups in total. The first-order valence-electron chi connectivity index (χ1n) is 12.6. The monoisotopic (exact) mass is 666 g/mol. The molecule has 3 rings (SSSR count). The van der Waals surface area contributed by atoms with E-state index < -0.39 is 25.8 Å². The fourth-order valence-electron chi connectivity index (χ4n) is 4.11. The highest BCUT2D eigenvalue weighted by molar-refractivity contribution is 9.28. The lowest BCUT2D eigenvalue weighted by molar-refractivity contribution is -0.115. The molecule has 0 spiro atoms. The molecule has 3 fully saturated rings. The summed E-state index contributed by atoms with van der Waals surface area (Å²) in [4.78, 5) is 10.1. The highest BCUT2D eigenvalue weighted by Crippen LogP contribution is 2.38. The van der Waals surface area contributed by atoms with Crippen LogP contribution >= 0.6 is 31.9 Å². The van der Waals surface area contributed by atoms with Crippen LogP contribution in [0.15, 0.2) is 9.47 Å². The number of rotatable bonds is 2. The first kappa shape index (κ1) is 33.8. The number of hydrogen-bond donors (Lipinski definition) is 0. The van der Waals surface area contributed by atoms with Crippen LogP contribution in [0.5, 0.6) is 0 Å². The van der Waals surface area contributed by atoms with Gasteiger partial charge in [0.1, 0.15) is 14.4 Å². The van der Waals surface area contributed by atoms with Crippen LogP contribution in [-0.2, 0) is 4.79 Å². The molecule has 0 bridgehead atoms. The highest BCUT2D eigenvalue weighted by atomic mass is 79.9. The quantitative estimate of drug-likeness (QED) is 0.124. The van der Waals surface area contributed by atoms with Gasteiger partial charge in [-0.25, -0.2) is 26.3 Å². The van der Waals surface area contributed by atoms with Gasteiger partial charge in [-0.3, -0.25) is 0 Å². The Morgan fingerprint density at radius 3 is 1.42 bits per heavy atom. The van der Waals surface area contributed by atoms with Gasteiger partial charge in [-0.15, -0.1) is 11.5 Å². The zero-order chi connectivity index (χ0) is 27.6. The average molecular weight is 668 g/mol. The van der Waals surface area contributed by atoms with E-state index in [1.165, 1.54) is 0 Å². The third-order valence-corrected chi connectivity index (χ3v) is 7.87. The van der Waals surface area contributed by atoms with Crippen molar-refractivity contribution < 1.29 is 31.1 Å². The van der Waals surface area contributed by atoms with Gasteiger partial charge in [-0.2, -0.15) is 0 Å². The van der Waals surface area contributed by atoms with E-state index in [1.807, 2.05) is 6.08 Å². The second kappa shape index (κ2) is 14.8. The smallest absolute Gasteiger partial charge is 0.248 e. The number of alkyl halides is 6. The summed E-state index contributed by atoms with van der Waals surface area (Å²) in [7, 11) is -1.33. The Balaban J connectivity index is 0.000000274. The van der Waals surface area contributed by atoms with Crippen LogP contribution < -0.4 is 0 Å². The predicted molar refractivity (Wildman–Crippen MR) is 144 cm³/mol. The largest absolute Gasteiger partial charge is 0.303 e. The van der Waals surface area contributed by atoms with E-state index >= 15 is 0 Å². The maximum absolute atomic E-state index is 12.8. The molecule has 0 saturated heterocycles. The van der Waals surface area contributed by atoms with Gasteiger partial charge in [0.05, 0.1) is 3.39 Å². The number of aldehydes is 1. The number of carbonyl (C=O) groups excluding carboxylic acids is 1. The molecule has 0 unspecified atom stereocenters. The molecule has 208 valence electrons. The number of halogens is 8. The molecule has 1 nitrogen and oxygen atoms in total. The summed E-state index contributed by atoms with van der Waals surface area (Å²) < 4.78 is 76.6. The van der Waals surface area contributed by atoms with Gasteiger partial charge >= 0.3 is 0 Å². The molecule has 0 heterocycles. The van der Waals surface area contributed by atoms with Crippen molar-refractivity contribution >= 4 is 46.2 Å². The molecule has 10 heteroatoms. The fourth-order valence-corrected chi connectivity index (χ4v) is 5.49. The van der Waals surface area contributed by atoms with E-state index in [2.05, 4.69) is 63.0 Å². The molecule has 0 aromatic rings. The van der Waals surface area contributed by atoms with Gasteiger partial charge in [0, 0.05) is 50.4 Å². The number of hydrogen-bond acceptors (Lipinski definition) is 1. The minimum Gasteiger partial charge on any atom is -0.303 e. The highest BCUT2D eigenvalue weighted by Gasteiger charge is 2.35. The van der Waals surface area contributed by atoms with Gasteiger partial charge in [-0.05, 0) is 76.3 Å². The second-order valence-corrected chi connectivity index (χ2v) is 18.7. The van der Waals surface area contributed by atoms with Crippen molar-refractivity contribution in [1.29, 1.82) is 0 Å². The molecule has 3 aliphatic carbocycles. The van der Waals surface area contributed by atoms with Crippen molar-refractivity contribution in [2.75, 3.05) is 0 Å². The zero-order valence-electron chi connectivity index (χ0n) is 21.3. The van der Waals surface area contributed by atoms with Gasteiger partial charge in [-0.1, -0.05) is 25.7 Å². The first-order valence-corrected chi connectivity index (χ1v) is 17.6.